The third-order valence-electron chi connectivity index (χ3n) is 2.08. The summed E-state index contributed by atoms with van der Waals surface area (Å²) in [5.74, 6) is 0. The number of benzene rings is 1. The average molecular weight is 283 g/mol. The van der Waals surface area contributed by atoms with Crippen molar-refractivity contribution in [2.75, 3.05) is 11.1 Å². The van der Waals surface area contributed by atoms with Gasteiger partial charge in [0, 0.05) is 11.0 Å². The van der Waals surface area contributed by atoms with Crippen molar-refractivity contribution in [2.45, 2.75) is 6.54 Å². The van der Waals surface area contributed by atoms with Crippen LogP contribution in [0.3, 0.4) is 0 Å². The van der Waals surface area contributed by atoms with Crippen LogP contribution in [0.2, 0.25) is 0 Å². The number of hydrogen-bond acceptors (Lipinski definition) is 3. The van der Waals surface area contributed by atoms with Crippen LogP contribution in [0.25, 0.3) is 0 Å². The minimum Gasteiger partial charge on any atom is -0.397 e. The van der Waals surface area contributed by atoms with Crippen molar-refractivity contribution in [3.63, 3.8) is 0 Å². The van der Waals surface area contributed by atoms with Crippen molar-refractivity contribution in [3.8, 4) is 0 Å². The molecule has 1 heterocycles. The molecule has 0 amide bonds. The second-order valence-corrected chi connectivity index (χ2v) is 4.91. The zero-order valence-corrected chi connectivity index (χ0v) is 10.4. The quantitative estimate of drug-likeness (QED) is 0.843. The summed E-state index contributed by atoms with van der Waals surface area (Å²) in [4.78, 5) is 0. The zero-order chi connectivity index (χ0) is 10.7. The molecule has 0 saturated heterocycles. The fourth-order valence-corrected chi connectivity index (χ4v) is 2.30. The molecule has 1 aromatic heterocycles. The summed E-state index contributed by atoms with van der Waals surface area (Å²) in [5, 5.41) is 7.50. The Bertz CT molecular complexity index is 440. The first-order valence-corrected chi connectivity index (χ1v) is 6.29. The van der Waals surface area contributed by atoms with Crippen molar-refractivity contribution in [2.24, 2.45) is 0 Å². The van der Waals surface area contributed by atoms with Gasteiger partial charge in [-0.05, 0) is 40.6 Å². The van der Waals surface area contributed by atoms with E-state index in [1.165, 1.54) is 5.56 Å². The van der Waals surface area contributed by atoms with Crippen LogP contribution in [0, 0.1) is 0 Å². The molecular formula is C11H11BrN2S. The van der Waals surface area contributed by atoms with Gasteiger partial charge in [0.05, 0.1) is 11.4 Å². The Morgan fingerprint density at radius 1 is 1.33 bits per heavy atom. The van der Waals surface area contributed by atoms with Crippen LogP contribution in [0.1, 0.15) is 5.56 Å². The fraction of sp³-hybridized carbons (Fsp3) is 0.0909. The molecule has 78 valence electrons. The van der Waals surface area contributed by atoms with Crippen molar-refractivity contribution >= 4 is 38.6 Å². The number of rotatable bonds is 3. The van der Waals surface area contributed by atoms with E-state index in [0.717, 1.165) is 22.4 Å². The molecule has 0 bridgehead atoms. The number of nitrogens with two attached hydrogens (primary N) is 1. The highest BCUT2D eigenvalue weighted by Crippen LogP contribution is 2.23. The molecule has 0 radical (unpaired) electrons. The minimum absolute atomic E-state index is 0.772. The molecule has 0 aliphatic carbocycles. The predicted molar refractivity (Wildman–Crippen MR) is 70.2 cm³/mol. The topological polar surface area (TPSA) is 38.0 Å². The van der Waals surface area contributed by atoms with E-state index in [2.05, 4.69) is 38.1 Å². The molecule has 1 aromatic carbocycles. The normalized spacial score (nSPS) is 10.2. The van der Waals surface area contributed by atoms with Gasteiger partial charge in [-0.15, -0.1) is 0 Å². The first-order valence-electron chi connectivity index (χ1n) is 4.55. The van der Waals surface area contributed by atoms with Crippen molar-refractivity contribution in [1.29, 1.82) is 0 Å². The average Bonchev–Trinajstić information content (AvgIpc) is 2.72. The minimum atomic E-state index is 0.772. The smallest absolute Gasteiger partial charge is 0.0587 e. The van der Waals surface area contributed by atoms with Gasteiger partial charge in [0.15, 0.2) is 0 Å². The molecule has 3 N–H and O–H groups in total. The van der Waals surface area contributed by atoms with Crippen molar-refractivity contribution in [3.05, 3.63) is 45.1 Å². The Morgan fingerprint density at radius 2 is 2.20 bits per heavy atom. The molecule has 0 aliphatic rings. The molecule has 2 aromatic rings. The lowest BCUT2D eigenvalue weighted by Crippen LogP contribution is -2.01. The molecule has 4 heteroatoms. The second-order valence-electron chi connectivity index (χ2n) is 3.22. The van der Waals surface area contributed by atoms with Crippen molar-refractivity contribution in [1.82, 2.24) is 0 Å². The van der Waals surface area contributed by atoms with Gasteiger partial charge in [-0.25, -0.2) is 0 Å². The maximum atomic E-state index is 5.85. The van der Waals surface area contributed by atoms with E-state index in [1.54, 1.807) is 11.3 Å². The summed E-state index contributed by atoms with van der Waals surface area (Å²) >= 11 is 5.12. The Labute approximate surface area is 101 Å². The molecule has 0 atom stereocenters. The van der Waals surface area contributed by atoms with Crippen LogP contribution < -0.4 is 11.1 Å². The van der Waals surface area contributed by atoms with E-state index in [9.17, 15) is 0 Å². The lowest BCUT2D eigenvalue weighted by atomic mass is 10.2. The lowest BCUT2D eigenvalue weighted by Gasteiger charge is -2.08. The molecule has 0 aliphatic heterocycles. The van der Waals surface area contributed by atoms with Gasteiger partial charge in [0.25, 0.3) is 0 Å². The number of anilines is 2. The summed E-state index contributed by atoms with van der Waals surface area (Å²) < 4.78 is 1.03. The Hall–Kier alpha value is -1.00. The van der Waals surface area contributed by atoms with E-state index in [1.807, 2.05) is 18.2 Å². The third-order valence-corrected chi connectivity index (χ3v) is 3.30. The van der Waals surface area contributed by atoms with Gasteiger partial charge in [-0.3, -0.25) is 0 Å². The van der Waals surface area contributed by atoms with Gasteiger partial charge in [0.1, 0.15) is 0 Å². The molecule has 0 spiro atoms. The Balaban J connectivity index is 2.07. The summed E-state index contributed by atoms with van der Waals surface area (Å²) in [6.45, 7) is 0.810. The van der Waals surface area contributed by atoms with Gasteiger partial charge < -0.3 is 11.1 Å². The number of thiophene rings is 1. The van der Waals surface area contributed by atoms with E-state index < -0.39 is 0 Å². The van der Waals surface area contributed by atoms with Crippen LogP contribution in [-0.4, -0.2) is 0 Å². The second kappa shape index (κ2) is 4.68. The highest BCUT2D eigenvalue weighted by atomic mass is 79.9. The fourth-order valence-electron chi connectivity index (χ4n) is 1.27. The van der Waals surface area contributed by atoms with Crippen LogP contribution in [0.4, 0.5) is 11.4 Å². The van der Waals surface area contributed by atoms with E-state index in [-0.39, 0.29) is 0 Å². The maximum absolute atomic E-state index is 5.85. The summed E-state index contributed by atoms with van der Waals surface area (Å²) in [6, 6.07) is 7.92. The van der Waals surface area contributed by atoms with Crippen LogP contribution in [-0.2, 0) is 6.54 Å². The zero-order valence-electron chi connectivity index (χ0n) is 8.03. The Kier molecular flexibility index (Phi) is 3.28. The van der Waals surface area contributed by atoms with Gasteiger partial charge in [0.2, 0.25) is 0 Å². The molecular weight excluding hydrogens is 272 g/mol. The number of nitrogen functional groups attached to an aromatic ring is 1. The maximum Gasteiger partial charge on any atom is 0.0587 e. The number of nitrogens with one attached hydrogen (secondary N) is 1. The van der Waals surface area contributed by atoms with Gasteiger partial charge in [-0.2, -0.15) is 11.3 Å². The van der Waals surface area contributed by atoms with E-state index in [0.29, 0.717) is 0 Å². The summed E-state index contributed by atoms with van der Waals surface area (Å²) in [5.41, 5.74) is 8.87. The lowest BCUT2D eigenvalue weighted by molar-refractivity contribution is 1.16. The van der Waals surface area contributed by atoms with Gasteiger partial charge >= 0.3 is 0 Å². The predicted octanol–water partition coefficient (Wildman–Crippen LogP) is 3.70. The first kappa shape index (κ1) is 10.5. The van der Waals surface area contributed by atoms with E-state index >= 15 is 0 Å². The first-order chi connectivity index (χ1) is 7.25. The Morgan fingerprint density at radius 3 is 2.93 bits per heavy atom. The van der Waals surface area contributed by atoms with E-state index in [4.69, 9.17) is 5.73 Å². The highest BCUT2D eigenvalue weighted by molar-refractivity contribution is 9.10. The highest BCUT2D eigenvalue weighted by Gasteiger charge is 1.99. The monoisotopic (exact) mass is 282 g/mol. The molecule has 0 saturated carbocycles. The SMILES string of the molecule is Nc1ccc(Br)cc1NCc1ccsc1. The molecule has 0 fully saturated rings. The van der Waals surface area contributed by atoms with Crippen LogP contribution in [0.5, 0.6) is 0 Å². The number of hydrogen-bond donors (Lipinski definition) is 2. The molecule has 2 nitrogen and oxygen atoms in total. The van der Waals surface area contributed by atoms with Gasteiger partial charge in [-0.1, -0.05) is 15.9 Å². The molecule has 2 rings (SSSR count). The summed E-state index contributed by atoms with van der Waals surface area (Å²) in [7, 11) is 0. The number of halogens is 1. The molecule has 0 unspecified atom stereocenters. The van der Waals surface area contributed by atoms with Crippen LogP contribution in [0.15, 0.2) is 39.5 Å². The van der Waals surface area contributed by atoms with Crippen molar-refractivity contribution < 1.29 is 0 Å². The summed E-state index contributed by atoms with van der Waals surface area (Å²) in [6.07, 6.45) is 0. The standard InChI is InChI=1S/C11H11BrN2S/c12-9-1-2-10(13)11(5-9)14-6-8-3-4-15-7-8/h1-5,7,14H,6,13H2. The molecule has 15 heavy (non-hydrogen) atoms. The van der Waals surface area contributed by atoms with Crippen LogP contribution >= 0.6 is 27.3 Å². The largest absolute Gasteiger partial charge is 0.397 e. The third kappa shape index (κ3) is 2.73.